The molecule has 0 radical (unpaired) electrons. The summed E-state index contributed by atoms with van der Waals surface area (Å²) in [6, 6.07) is 3.66. The molecule has 0 bridgehead atoms. The zero-order chi connectivity index (χ0) is 15.0. The van der Waals surface area contributed by atoms with Gasteiger partial charge in [-0.2, -0.15) is 0 Å². The lowest BCUT2D eigenvalue weighted by atomic mass is 10.2. The van der Waals surface area contributed by atoms with Gasteiger partial charge in [-0.15, -0.1) is 11.3 Å². The standard InChI is InChI=1S/C14H14N4O2S/c1-7-10(8(2)20-18-7)6-17-13(19)12-11(15)9-4-3-5-16-14(9)21-12/h3-5H,6,15H2,1-2H3,(H,17,19). The maximum Gasteiger partial charge on any atom is 0.263 e. The van der Waals surface area contributed by atoms with Gasteiger partial charge in [0, 0.05) is 23.7 Å². The summed E-state index contributed by atoms with van der Waals surface area (Å²) in [5.41, 5.74) is 8.17. The zero-order valence-corrected chi connectivity index (χ0v) is 12.5. The van der Waals surface area contributed by atoms with E-state index in [0.717, 1.165) is 21.5 Å². The van der Waals surface area contributed by atoms with Crippen LogP contribution in [0.2, 0.25) is 0 Å². The summed E-state index contributed by atoms with van der Waals surface area (Å²) in [6.45, 7) is 4.02. The van der Waals surface area contributed by atoms with E-state index in [1.807, 2.05) is 19.9 Å². The Morgan fingerprint density at radius 2 is 2.29 bits per heavy atom. The van der Waals surface area contributed by atoms with Crippen LogP contribution < -0.4 is 11.1 Å². The lowest BCUT2D eigenvalue weighted by Gasteiger charge is -2.03. The molecular formula is C14H14N4O2S. The number of hydrogen-bond donors (Lipinski definition) is 2. The number of amides is 1. The van der Waals surface area contributed by atoms with Crippen LogP contribution in [0, 0.1) is 13.8 Å². The van der Waals surface area contributed by atoms with Crippen LogP contribution in [0.25, 0.3) is 10.2 Å². The minimum Gasteiger partial charge on any atom is -0.397 e. The van der Waals surface area contributed by atoms with E-state index in [1.54, 1.807) is 12.3 Å². The molecule has 0 fully saturated rings. The van der Waals surface area contributed by atoms with Crippen molar-refractivity contribution in [3.63, 3.8) is 0 Å². The molecule has 108 valence electrons. The van der Waals surface area contributed by atoms with Crippen molar-refractivity contribution in [3.8, 4) is 0 Å². The van der Waals surface area contributed by atoms with Gasteiger partial charge < -0.3 is 15.6 Å². The summed E-state index contributed by atoms with van der Waals surface area (Å²) in [5, 5.41) is 7.52. The van der Waals surface area contributed by atoms with Gasteiger partial charge in [-0.1, -0.05) is 5.16 Å². The quantitative estimate of drug-likeness (QED) is 0.775. The Hall–Kier alpha value is -2.41. The van der Waals surface area contributed by atoms with Crippen molar-refractivity contribution < 1.29 is 9.32 Å². The monoisotopic (exact) mass is 302 g/mol. The number of aryl methyl sites for hydroxylation is 2. The van der Waals surface area contributed by atoms with E-state index in [1.165, 1.54) is 11.3 Å². The SMILES string of the molecule is Cc1noc(C)c1CNC(=O)c1sc2ncccc2c1N. The number of thiophene rings is 1. The van der Waals surface area contributed by atoms with E-state index in [-0.39, 0.29) is 5.91 Å². The largest absolute Gasteiger partial charge is 0.397 e. The molecule has 0 spiro atoms. The smallest absolute Gasteiger partial charge is 0.263 e. The third kappa shape index (κ3) is 2.36. The highest BCUT2D eigenvalue weighted by Crippen LogP contribution is 2.31. The lowest BCUT2D eigenvalue weighted by Crippen LogP contribution is -2.23. The Labute approximate surface area is 125 Å². The molecule has 0 atom stereocenters. The number of nitrogen functional groups attached to an aromatic ring is 1. The van der Waals surface area contributed by atoms with E-state index >= 15 is 0 Å². The number of hydrogen-bond acceptors (Lipinski definition) is 6. The van der Waals surface area contributed by atoms with Crippen molar-refractivity contribution in [1.29, 1.82) is 0 Å². The summed E-state index contributed by atoms with van der Waals surface area (Å²) in [4.78, 5) is 17.8. The minimum absolute atomic E-state index is 0.212. The fourth-order valence-corrected chi connectivity index (χ4v) is 3.10. The molecule has 0 aliphatic heterocycles. The number of rotatable bonds is 3. The molecule has 0 saturated heterocycles. The molecule has 7 heteroatoms. The first kappa shape index (κ1) is 13.6. The number of nitrogens with two attached hydrogens (primary N) is 1. The van der Waals surface area contributed by atoms with Crippen molar-refractivity contribution in [2.75, 3.05) is 5.73 Å². The molecule has 6 nitrogen and oxygen atoms in total. The second-order valence-electron chi connectivity index (χ2n) is 4.69. The van der Waals surface area contributed by atoms with Gasteiger partial charge in [0.1, 0.15) is 15.5 Å². The van der Waals surface area contributed by atoms with E-state index < -0.39 is 0 Å². The maximum absolute atomic E-state index is 12.3. The molecular weight excluding hydrogens is 288 g/mol. The van der Waals surface area contributed by atoms with Crippen LogP contribution in [0.15, 0.2) is 22.9 Å². The molecule has 0 aromatic carbocycles. The average molecular weight is 302 g/mol. The molecule has 1 amide bonds. The normalized spacial score (nSPS) is 11.0. The molecule has 3 aromatic heterocycles. The molecule has 3 aromatic rings. The van der Waals surface area contributed by atoms with Crippen molar-refractivity contribution in [3.05, 3.63) is 40.2 Å². The number of fused-ring (bicyclic) bond motifs is 1. The number of aromatic nitrogens is 2. The van der Waals surface area contributed by atoms with E-state index in [0.29, 0.717) is 22.9 Å². The Balaban J connectivity index is 1.83. The first-order valence-corrected chi connectivity index (χ1v) is 7.22. The summed E-state index contributed by atoms with van der Waals surface area (Å²) in [5.74, 6) is 0.495. The van der Waals surface area contributed by atoms with Crippen molar-refractivity contribution in [2.45, 2.75) is 20.4 Å². The topological polar surface area (TPSA) is 94.0 Å². The van der Waals surface area contributed by atoms with Crippen molar-refractivity contribution in [1.82, 2.24) is 15.5 Å². The molecule has 0 saturated carbocycles. The Kier molecular flexibility index (Phi) is 3.34. The molecule has 3 N–H and O–H groups in total. The molecule has 0 aliphatic rings. The number of carbonyl (C=O) groups excluding carboxylic acids is 1. The van der Waals surface area contributed by atoms with E-state index in [4.69, 9.17) is 10.3 Å². The van der Waals surface area contributed by atoms with Crippen molar-refractivity contribution >= 4 is 33.1 Å². The second kappa shape index (κ2) is 5.17. The lowest BCUT2D eigenvalue weighted by molar-refractivity contribution is 0.0955. The van der Waals surface area contributed by atoms with Crippen LogP contribution in [0.4, 0.5) is 5.69 Å². The highest BCUT2D eigenvalue weighted by Gasteiger charge is 2.18. The number of carbonyl (C=O) groups is 1. The first-order chi connectivity index (χ1) is 10.1. The fraction of sp³-hybridized carbons (Fsp3) is 0.214. The Morgan fingerprint density at radius 3 is 2.95 bits per heavy atom. The van der Waals surface area contributed by atoms with Crippen LogP contribution in [0.1, 0.15) is 26.7 Å². The molecule has 21 heavy (non-hydrogen) atoms. The second-order valence-corrected chi connectivity index (χ2v) is 5.69. The average Bonchev–Trinajstić information content (AvgIpc) is 2.98. The first-order valence-electron chi connectivity index (χ1n) is 6.41. The number of nitrogens with one attached hydrogen (secondary N) is 1. The maximum atomic E-state index is 12.3. The van der Waals surface area contributed by atoms with Crippen LogP contribution in [0.3, 0.4) is 0 Å². The van der Waals surface area contributed by atoms with Crippen LogP contribution in [-0.2, 0) is 6.54 Å². The predicted molar refractivity (Wildman–Crippen MR) is 81.2 cm³/mol. The van der Waals surface area contributed by atoms with Gasteiger partial charge in [-0.25, -0.2) is 4.98 Å². The molecule has 0 aliphatic carbocycles. The summed E-state index contributed by atoms with van der Waals surface area (Å²) in [7, 11) is 0. The van der Waals surface area contributed by atoms with Crippen molar-refractivity contribution in [2.24, 2.45) is 0 Å². The Bertz CT molecular complexity index is 802. The Morgan fingerprint density at radius 1 is 1.48 bits per heavy atom. The minimum atomic E-state index is -0.212. The van der Waals surface area contributed by atoms with Crippen LogP contribution >= 0.6 is 11.3 Å². The summed E-state index contributed by atoms with van der Waals surface area (Å²) in [6.07, 6.45) is 1.68. The van der Waals surface area contributed by atoms with Crippen LogP contribution in [-0.4, -0.2) is 16.0 Å². The third-order valence-electron chi connectivity index (χ3n) is 3.32. The predicted octanol–water partition coefficient (Wildman–Crippen LogP) is 2.41. The number of pyridine rings is 1. The molecule has 3 rings (SSSR count). The van der Waals surface area contributed by atoms with Gasteiger partial charge >= 0.3 is 0 Å². The van der Waals surface area contributed by atoms with Gasteiger partial charge in [-0.05, 0) is 26.0 Å². The highest BCUT2D eigenvalue weighted by molar-refractivity contribution is 7.21. The van der Waals surface area contributed by atoms with Gasteiger partial charge in [-0.3, -0.25) is 4.79 Å². The third-order valence-corrected chi connectivity index (χ3v) is 4.45. The highest BCUT2D eigenvalue weighted by atomic mass is 32.1. The number of nitrogens with zero attached hydrogens (tertiary/aromatic N) is 2. The van der Waals surface area contributed by atoms with E-state index in [2.05, 4.69) is 15.5 Å². The van der Waals surface area contributed by atoms with Gasteiger partial charge in [0.05, 0.1) is 11.4 Å². The van der Waals surface area contributed by atoms with Gasteiger partial charge in [0.15, 0.2) is 0 Å². The summed E-state index contributed by atoms with van der Waals surface area (Å²) >= 11 is 1.29. The number of anilines is 1. The van der Waals surface area contributed by atoms with E-state index in [9.17, 15) is 4.79 Å². The van der Waals surface area contributed by atoms with Gasteiger partial charge in [0.2, 0.25) is 0 Å². The fourth-order valence-electron chi connectivity index (χ4n) is 2.12. The molecule has 0 unspecified atom stereocenters. The van der Waals surface area contributed by atoms with Gasteiger partial charge in [0.25, 0.3) is 5.91 Å². The summed E-state index contributed by atoms with van der Waals surface area (Å²) < 4.78 is 5.07. The van der Waals surface area contributed by atoms with Crippen LogP contribution in [0.5, 0.6) is 0 Å². The zero-order valence-electron chi connectivity index (χ0n) is 11.6. The molecule has 3 heterocycles.